The van der Waals surface area contributed by atoms with Crippen molar-refractivity contribution >= 4 is 23.1 Å². The van der Waals surface area contributed by atoms with Crippen molar-refractivity contribution < 1.29 is 13.9 Å². The number of rotatable bonds is 7. The highest BCUT2D eigenvalue weighted by atomic mass is 19.1. The van der Waals surface area contributed by atoms with Crippen LogP contribution < -0.4 is 15.4 Å². The van der Waals surface area contributed by atoms with Crippen LogP contribution in [-0.2, 0) is 0 Å². The summed E-state index contributed by atoms with van der Waals surface area (Å²) in [7, 11) is 0. The number of hydrogen-bond donors (Lipinski definition) is 2. The molecule has 0 radical (unpaired) electrons. The second-order valence-electron chi connectivity index (χ2n) is 6.74. The van der Waals surface area contributed by atoms with Gasteiger partial charge < -0.3 is 15.4 Å². The maximum atomic E-state index is 14.4. The molecule has 2 heterocycles. The predicted molar refractivity (Wildman–Crippen MR) is 117 cm³/mol. The molecule has 0 atom stereocenters. The lowest BCUT2D eigenvalue weighted by Crippen LogP contribution is -2.16. The van der Waals surface area contributed by atoms with E-state index in [0.29, 0.717) is 23.9 Å². The summed E-state index contributed by atoms with van der Waals surface area (Å²) in [6.45, 7) is 4.20. The lowest BCUT2D eigenvalue weighted by atomic mass is 10.2. The lowest BCUT2D eigenvalue weighted by molar-refractivity contribution is 0.102. The molecule has 10 heteroatoms. The van der Waals surface area contributed by atoms with Crippen molar-refractivity contribution in [2.45, 2.75) is 13.8 Å². The molecule has 0 aliphatic rings. The quantitative estimate of drug-likeness (QED) is 0.455. The van der Waals surface area contributed by atoms with Crippen LogP contribution in [-0.4, -0.2) is 37.7 Å². The lowest BCUT2D eigenvalue weighted by Gasteiger charge is -2.13. The van der Waals surface area contributed by atoms with E-state index in [1.165, 1.54) is 22.9 Å². The van der Waals surface area contributed by atoms with Crippen molar-refractivity contribution in [2.24, 2.45) is 0 Å². The zero-order valence-corrected chi connectivity index (χ0v) is 17.4. The Morgan fingerprint density at radius 2 is 1.97 bits per heavy atom. The van der Waals surface area contributed by atoms with E-state index in [-0.39, 0.29) is 11.3 Å². The topological polar surface area (TPSA) is 107 Å². The summed E-state index contributed by atoms with van der Waals surface area (Å²) < 4.78 is 21.3. The minimum Gasteiger partial charge on any atom is -0.494 e. The van der Waals surface area contributed by atoms with Crippen molar-refractivity contribution in [2.75, 3.05) is 17.2 Å². The van der Waals surface area contributed by atoms with Crippen molar-refractivity contribution in [3.8, 4) is 11.4 Å². The van der Waals surface area contributed by atoms with Gasteiger partial charge in [-0.2, -0.15) is 4.68 Å². The van der Waals surface area contributed by atoms with Gasteiger partial charge in [-0.05, 0) is 78.9 Å². The number of nitrogens with one attached hydrogen (secondary N) is 2. The number of tetrazole rings is 1. The van der Waals surface area contributed by atoms with E-state index in [2.05, 4.69) is 31.1 Å². The molecular weight excluding hydrogens is 413 g/mol. The third-order valence-electron chi connectivity index (χ3n) is 4.55. The summed E-state index contributed by atoms with van der Waals surface area (Å²) in [6.07, 6.45) is 1.56. The van der Waals surface area contributed by atoms with Crippen LogP contribution in [0.3, 0.4) is 0 Å². The molecule has 32 heavy (non-hydrogen) atoms. The van der Waals surface area contributed by atoms with Gasteiger partial charge in [0.1, 0.15) is 17.4 Å². The molecule has 0 aliphatic carbocycles. The molecule has 4 rings (SSSR count). The molecule has 0 fully saturated rings. The maximum absolute atomic E-state index is 14.4. The highest BCUT2D eigenvalue weighted by Gasteiger charge is 2.16. The molecule has 0 unspecified atom stereocenters. The van der Waals surface area contributed by atoms with Crippen LogP contribution >= 0.6 is 0 Å². The van der Waals surface area contributed by atoms with E-state index in [0.717, 1.165) is 11.4 Å². The molecule has 2 aromatic heterocycles. The largest absolute Gasteiger partial charge is 0.494 e. The number of ether oxygens (including phenoxy) is 1. The summed E-state index contributed by atoms with van der Waals surface area (Å²) in [5.41, 5.74) is 1.50. The normalized spacial score (nSPS) is 10.6. The third kappa shape index (κ3) is 4.53. The Hall–Kier alpha value is -4.34. The Morgan fingerprint density at radius 3 is 2.69 bits per heavy atom. The number of carbonyl (C=O) groups excluding carboxylic acids is 1. The van der Waals surface area contributed by atoms with E-state index in [9.17, 15) is 9.18 Å². The van der Waals surface area contributed by atoms with Crippen LogP contribution in [0.1, 0.15) is 23.1 Å². The minimum absolute atomic E-state index is 0.00160. The fourth-order valence-corrected chi connectivity index (χ4v) is 3.03. The van der Waals surface area contributed by atoms with Crippen molar-refractivity contribution in [3.05, 3.63) is 78.0 Å². The number of hydrogen-bond acceptors (Lipinski definition) is 7. The van der Waals surface area contributed by atoms with Crippen LogP contribution in [0.25, 0.3) is 5.69 Å². The Balaban J connectivity index is 1.56. The Bertz CT molecular complexity index is 1240. The highest BCUT2D eigenvalue weighted by molar-refractivity contribution is 6.08. The maximum Gasteiger partial charge on any atom is 0.259 e. The third-order valence-corrected chi connectivity index (χ3v) is 4.55. The molecule has 4 aromatic rings. The van der Waals surface area contributed by atoms with Gasteiger partial charge in [0.25, 0.3) is 5.91 Å². The van der Waals surface area contributed by atoms with Crippen molar-refractivity contribution in [1.29, 1.82) is 0 Å². The molecule has 162 valence electrons. The van der Waals surface area contributed by atoms with Gasteiger partial charge in [0, 0.05) is 11.9 Å². The van der Waals surface area contributed by atoms with Crippen LogP contribution in [0.5, 0.6) is 5.75 Å². The van der Waals surface area contributed by atoms with E-state index in [1.807, 2.05) is 31.2 Å². The van der Waals surface area contributed by atoms with Gasteiger partial charge in [-0.1, -0.05) is 0 Å². The summed E-state index contributed by atoms with van der Waals surface area (Å²) in [4.78, 5) is 17.2. The molecule has 0 aliphatic heterocycles. The van der Waals surface area contributed by atoms with Gasteiger partial charge >= 0.3 is 0 Å². The first kappa shape index (κ1) is 20.9. The first-order valence-corrected chi connectivity index (χ1v) is 9.86. The Kier molecular flexibility index (Phi) is 6.02. The van der Waals surface area contributed by atoms with Crippen LogP contribution in [0, 0.1) is 12.7 Å². The monoisotopic (exact) mass is 433 g/mol. The number of amides is 1. The number of aromatic nitrogens is 5. The zero-order chi connectivity index (χ0) is 22.5. The van der Waals surface area contributed by atoms with Gasteiger partial charge in [-0.3, -0.25) is 4.79 Å². The van der Waals surface area contributed by atoms with Crippen LogP contribution in [0.4, 0.5) is 21.6 Å². The average Bonchev–Trinajstić information content (AvgIpc) is 3.23. The smallest absolute Gasteiger partial charge is 0.259 e. The van der Waals surface area contributed by atoms with Gasteiger partial charge in [0.2, 0.25) is 0 Å². The van der Waals surface area contributed by atoms with Crippen molar-refractivity contribution in [1.82, 2.24) is 25.2 Å². The number of halogens is 1. The van der Waals surface area contributed by atoms with Gasteiger partial charge in [-0.25, -0.2) is 9.37 Å². The number of aryl methyl sites for hydroxylation is 1. The van der Waals surface area contributed by atoms with E-state index >= 15 is 0 Å². The fourth-order valence-electron chi connectivity index (χ4n) is 3.03. The Morgan fingerprint density at radius 1 is 1.16 bits per heavy atom. The number of carbonyl (C=O) groups is 1. The SMILES string of the molecule is CCOc1ccc(Nc2ncccc2C(=O)Nc2cc(-n3nnnc3C)ccc2F)cc1. The first-order valence-electron chi connectivity index (χ1n) is 9.86. The van der Waals surface area contributed by atoms with Crippen LogP contribution in [0.15, 0.2) is 60.8 Å². The van der Waals surface area contributed by atoms with Gasteiger partial charge in [-0.15, -0.1) is 5.10 Å². The minimum atomic E-state index is -0.585. The Labute approximate surface area is 183 Å². The molecule has 1 amide bonds. The number of benzene rings is 2. The van der Waals surface area contributed by atoms with E-state index < -0.39 is 11.7 Å². The van der Waals surface area contributed by atoms with E-state index in [1.54, 1.807) is 25.3 Å². The summed E-state index contributed by atoms with van der Waals surface area (Å²) in [6, 6.07) is 14.7. The van der Waals surface area contributed by atoms with Gasteiger partial charge in [0.05, 0.1) is 23.5 Å². The standard InChI is InChI=1S/C22H20FN7O2/c1-3-32-17-9-6-15(7-10-17)25-21-18(5-4-12-24-21)22(31)26-20-13-16(8-11-19(20)23)30-14(2)27-28-29-30/h4-13H,3H2,1-2H3,(H,24,25)(H,26,31). The molecule has 0 spiro atoms. The highest BCUT2D eigenvalue weighted by Crippen LogP contribution is 2.24. The number of nitrogens with zero attached hydrogens (tertiary/aromatic N) is 5. The second kappa shape index (κ2) is 9.21. The summed E-state index contributed by atoms with van der Waals surface area (Å²) in [5, 5.41) is 17.0. The zero-order valence-electron chi connectivity index (χ0n) is 17.4. The molecule has 9 nitrogen and oxygen atoms in total. The first-order chi connectivity index (χ1) is 15.5. The fraction of sp³-hybridized carbons (Fsp3) is 0.136. The molecule has 0 saturated carbocycles. The molecule has 0 saturated heterocycles. The van der Waals surface area contributed by atoms with Crippen LogP contribution in [0.2, 0.25) is 0 Å². The van der Waals surface area contributed by atoms with E-state index in [4.69, 9.17) is 4.74 Å². The second-order valence-corrected chi connectivity index (χ2v) is 6.74. The van der Waals surface area contributed by atoms with Gasteiger partial charge in [0.15, 0.2) is 5.82 Å². The number of anilines is 3. The average molecular weight is 433 g/mol. The number of pyridine rings is 1. The predicted octanol–water partition coefficient (Wildman–Crippen LogP) is 3.90. The van der Waals surface area contributed by atoms with Crippen molar-refractivity contribution in [3.63, 3.8) is 0 Å². The molecule has 0 bridgehead atoms. The molecular formula is C22H20FN7O2. The summed E-state index contributed by atoms with van der Waals surface area (Å²) in [5.74, 6) is 0.504. The molecule has 2 aromatic carbocycles. The summed E-state index contributed by atoms with van der Waals surface area (Å²) >= 11 is 0. The molecule has 2 N–H and O–H groups in total.